The molecule has 1 aromatic heterocycles. The van der Waals surface area contributed by atoms with Crippen LogP contribution in [0.4, 0.5) is 0 Å². The molecule has 0 amide bonds. The molecule has 1 aromatic carbocycles. The summed E-state index contributed by atoms with van der Waals surface area (Å²) < 4.78 is 15.4. The number of ether oxygens (including phenoxy) is 3. The van der Waals surface area contributed by atoms with Crippen molar-refractivity contribution in [2.24, 2.45) is 0 Å². The van der Waals surface area contributed by atoms with E-state index in [-0.39, 0.29) is 5.97 Å². The quantitative estimate of drug-likeness (QED) is 0.728. The number of pyridine rings is 1. The van der Waals surface area contributed by atoms with Gasteiger partial charge in [0.2, 0.25) is 5.88 Å². The van der Waals surface area contributed by atoms with Gasteiger partial charge in [0.25, 0.3) is 0 Å². The molecular weight excluding hydrogens is 306 g/mol. The van der Waals surface area contributed by atoms with Gasteiger partial charge in [0, 0.05) is 23.6 Å². The van der Waals surface area contributed by atoms with E-state index < -0.39 is 0 Å². The summed E-state index contributed by atoms with van der Waals surface area (Å²) in [6, 6.07) is 9.77. The van der Waals surface area contributed by atoms with Crippen LogP contribution >= 0.6 is 0 Å². The van der Waals surface area contributed by atoms with Gasteiger partial charge in [-0.15, -0.1) is 0 Å². The highest BCUT2D eigenvalue weighted by Crippen LogP contribution is 2.34. The van der Waals surface area contributed by atoms with Crippen LogP contribution < -0.4 is 9.47 Å². The predicted octanol–water partition coefficient (Wildman–Crippen LogP) is 3.43. The van der Waals surface area contributed by atoms with E-state index in [1.165, 1.54) is 7.11 Å². The average Bonchev–Trinajstić information content (AvgIpc) is 2.65. The summed E-state index contributed by atoms with van der Waals surface area (Å²) in [5.41, 5.74) is 3.97. The molecule has 128 valence electrons. The number of carbonyl (C=O) groups is 1. The fourth-order valence-electron chi connectivity index (χ4n) is 2.58. The minimum Gasteiger partial charge on any atom is -0.496 e. The first-order valence-corrected chi connectivity index (χ1v) is 7.90. The second-order valence-electron chi connectivity index (χ2n) is 5.31. The predicted molar refractivity (Wildman–Crippen MR) is 92.5 cm³/mol. The number of esters is 1. The maximum Gasteiger partial charge on any atom is 0.305 e. The first-order chi connectivity index (χ1) is 11.6. The van der Waals surface area contributed by atoms with E-state index in [0.29, 0.717) is 18.7 Å². The second kappa shape index (κ2) is 8.34. The normalized spacial score (nSPS) is 10.3. The topological polar surface area (TPSA) is 57.7 Å². The number of nitrogens with zero attached hydrogens (tertiary/aromatic N) is 1. The summed E-state index contributed by atoms with van der Waals surface area (Å²) in [6.07, 6.45) is 1.75. The highest BCUT2D eigenvalue weighted by atomic mass is 16.5. The Labute approximate surface area is 142 Å². The zero-order chi connectivity index (χ0) is 17.5. The number of benzene rings is 1. The number of hydrogen-bond donors (Lipinski definition) is 0. The summed E-state index contributed by atoms with van der Waals surface area (Å²) in [4.78, 5) is 15.9. The Morgan fingerprint density at radius 2 is 1.83 bits per heavy atom. The van der Waals surface area contributed by atoms with Crippen molar-refractivity contribution in [2.75, 3.05) is 21.3 Å². The molecule has 5 nitrogen and oxygen atoms in total. The Kier molecular flexibility index (Phi) is 6.18. The van der Waals surface area contributed by atoms with Crippen molar-refractivity contribution in [3.63, 3.8) is 0 Å². The largest absolute Gasteiger partial charge is 0.496 e. The SMILES string of the molecule is CCc1nc(OC)ccc1-c1cc(CCC(=O)OC)ccc1OC. The van der Waals surface area contributed by atoms with Crippen molar-refractivity contribution >= 4 is 5.97 Å². The van der Waals surface area contributed by atoms with Gasteiger partial charge >= 0.3 is 5.97 Å². The minimum absolute atomic E-state index is 0.215. The van der Waals surface area contributed by atoms with Gasteiger partial charge < -0.3 is 14.2 Å². The van der Waals surface area contributed by atoms with Gasteiger partial charge in [-0.2, -0.15) is 0 Å². The third-order valence-corrected chi connectivity index (χ3v) is 3.89. The zero-order valence-electron chi connectivity index (χ0n) is 14.6. The van der Waals surface area contributed by atoms with E-state index in [4.69, 9.17) is 14.2 Å². The monoisotopic (exact) mass is 329 g/mol. The van der Waals surface area contributed by atoms with E-state index in [2.05, 4.69) is 11.9 Å². The first kappa shape index (κ1) is 17.8. The van der Waals surface area contributed by atoms with Crippen molar-refractivity contribution in [1.82, 2.24) is 4.98 Å². The van der Waals surface area contributed by atoms with Gasteiger partial charge in [-0.3, -0.25) is 4.79 Å². The summed E-state index contributed by atoms with van der Waals surface area (Å²) in [5.74, 6) is 1.16. The van der Waals surface area contributed by atoms with Crippen molar-refractivity contribution in [2.45, 2.75) is 26.2 Å². The van der Waals surface area contributed by atoms with Crippen molar-refractivity contribution < 1.29 is 19.0 Å². The lowest BCUT2D eigenvalue weighted by Gasteiger charge is -2.14. The van der Waals surface area contributed by atoms with E-state index >= 15 is 0 Å². The molecule has 24 heavy (non-hydrogen) atoms. The Balaban J connectivity index is 2.42. The number of rotatable bonds is 7. The third kappa shape index (κ3) is 4.04. The van der Waals surface area contributed by atoms with Crippen molar-refractivity contribution in [3.05, 3.63) is 41.6 Å². The summed E-state index contributed by atoms with van der Waals surface area (Å²) in [5, 5.41) is 0. The van der Waals surface area contributed by atoms with E-state index in [9.17, 15) is 4.79 Å². The lowest BCUT2D eigenvalue weighted by molar-refractivity contribution is -0.140. The van der Waals surface area contributed by atoms with Crippen LogP contribution in [-0.2, 0) is 22.4 Å². The Bertz CT molecular complexity index is 713. The molecule has 0 saturated heterocycles. The molecule has 0 N–H and O–H groups in total. The number of methoxy groups -OCH3 is 3. The van der Waals surface area contributed by atoms with Crippen LogP contribution in [0.25, 0.3) is 11.1 Å². The highest BCUT2D eigenvalue weighted by molar-refractivity contribution is 5.74. The molecule has 0 aliphatic rings. The number of aryl methyl sites for hydroxylation is 2. The molecular formula is C19H23NO4. The Morgan fingerprint density at radius 3 is 2.46 bits per heavy atom. The molecule has 2 rings (SSSR count). The maximum atomic E-state index is 11.4. The lowest BCUT2D eigenvalue weighted by Crippen LogP contribution is -2.02. The Morgan fingerprint density at radius 1 is 1.04 bits per heavy atom. The van der Waals surface area contributed by atoms with Crippen LogP contribution in [0.2, 0.25) is 0 Å². The number of hydrogen-bond acceptors (Lipinski definition) is 5. The molecule has 0 spiro atoms. The molecule has 1 heterocycles. The number of carbonyl (C=O) groups excluding carboxylic acids is 1. The van der Waals surface area contributed by atoms with Gasteiger partial charge in [0.05, 0.1) is 27.0 Å². The van der Waals surface area contributed by atoms with Gasteiger partial charge in [0.15, 0.2) is 0 Å². The van der Waals surface area contributed by atoms with Crippen LogP contribution in [0, 0.1) is 0 Å². The average molecular weight is 329 g/mol. The number of aromatic nitrogens is 1. The van der Waals surface area contributed by atoms with Crippen LogP contribution in [-0.4, -0.2) is 32.3 Å². The van der Waals surface area contributed by atoms with Crippen LogP contribution in [0.15, 0.2) is 30.3 Å². The molecule has 5 heteroatoms. The summed E-state index contributed by atoms with van der Waals surface area (Å²) in [6.45, 7) is 2.05. The molecule has 0 atom stereocenters. The van der Waals surface area contributed by atoms with E-state index in [1.54, 1.807) is 14.2 Å². The molecule has 2 aromatic rings. The molecule has 0 saturated carbocycles. The van der Waals surface area contributed by atoms with E-state index in [1.807, 2.05) is 30.3 Å². The fraction of sp³-hybridized carbons (Fsp3) is 0.368. The molecule has 0 unspecified atom stereocenters. The summed E-state index contributed by atoms with van der Waals surface area (Å²) in [7, 11) is 4.66. The third-order valence-electron chi connectivity index (χ3n) is 3.89. The second-order valence-corrected chi connectivity index (χ2v) is 5.31. The van der Waals surface area contributed by atoms with Crippen LogP contribution in [0.5, 0.6) is 11.6 Å². The minimum atomic E-state index is -0.215. The molecule has 0 aliphatic carbocycles. The van der Waals surface area contributed by atoms with Gasteiger partial charge in [-0.1, -0.05) is 13.0 Å². The van der Waals surface area contributed by atoms with Crippen molar-refractivity contribution in [3.8, 4) is 22.8 Å². The fourth-order valence-corrected chi connectivity index (χ4v) is 2.58. The first-order valence-electron chi connectivity index (χ1n) is 7.90. The zero-order valence-corrected chi connectivity index (χ0v) is 14.6. The standard InChI is InChI=1S/C19H23NO4/c1-5-16-14(8-10-18(20-16)23-3)15-12-13(6-9-17(15)22-2)7-11-19(21)24-4/h6,8-10,12H,5,7,11H2,1-4H3. The van der Waals surface area contributed by atoms with Gasteiger partial charge in [0.1, 0.15) is 5.75 Å². The molecule has 0 aliphatic heterocycles. The van der Waals surface area contributed by atoms with Crippen molar-refractivity contribution in [1.29, 1.82) is 0 Å². The van der Waals surface area contributed by atoms with Gasteiger partial charge in [-0.05, 0) is 36.6 Å². The Hall–Kier alpha value is -2.56. The lowest BCUT2D eigenvalue weighted by atomic mass is 9.97. The maximum absolute atomic E-state index is 11.4. The highest BCUT2D eigenvalue weighted by Gasteiger charge is 2.13. The molecule has 0 radical (unpaired) electrons. The van der Waals surface area contributed by atoms with E-state index in [0.717, 1.165) is 34.6 Å². The summed E-state index contributed by atoms with van der Waals surface area (Å²) >= 11 is 0. The molecule has 0 fully saturated rings. The van der Waals surface area contributed by atoms with Gasteiger partial charge in [-0.25, -0.2) is 4.98 Å². The van der Waals surface area contributed by atoms with Crippen LogP contribution in [0.3, 0.4) is 0 Å². The van der Waals surface area contributed by atoms with Crippen LogP contribution in [0.1, 0.15) is 24.6 Å². The smallest absolute Gasteiger partial charge is 0.305 e. The molecule has 0 bridgehead atoms.